The summed E-state index contributed by atoms with van der Waals surface area (Å²) in [6.07, 6.45) is 2.71. The van der Waals surface area contributed by atoms with Gasteiger partial charge in [-0.3, -0.25) is 4.79 Å². The number of fused-ring (bicyclic) bond motifs is 2. The second-order valence-corrected chi connectivity index (χ2v) is 7.06. The molecule has 1 aromatic heterocycles. The molecule has 3 fully saturated rings. The summed E-state index contributed by atoms with van der Waals surface area (Å²) in [6, 6.07) is 0.413. The average molecular weight is 352 g/mol. The zero-order valence-electron chi connectivity index (χ0n) is 14.4. The Morgan fingerprint density at radius 2 is 2.24 bits per heavy atom. The van der Waals surface area contributed by atoms with Crippen LogP contribution in [0.4, 0.5) is 6.01 Å². The number of hydrogen-bond acceptors (Lipinski definition) is 8. The minimum atomic E-state index is -0.525. The van der Waals surface area contributed by atoms with Gasteiger partial charge in [0, 0.05) is 19.4 Å². The number of amides is 1. The summed E-state index contributed by atoms with van der Waals surface area (Å²) in [7, 11) is 0. The third-order valence-corrected chi connectivity index (χ3v) is 5.20. The number of aromatic nitrogens is 2. The van der Waals surface area contributed by atoms with E-state index in [1.165, 1.54) is 0 Å². The lowest BCUT2D eigenvalue weighted by Crippen LogP contribution is -2.53. The van der Waals surface area contributed by atoms with Crippen molar-refractivity contribution in [3.63, 3.8) is 0 Å². The Bertz CT molecular complexity index is 620. The lowest BCUT2D eigenvalue weighted by Gasteiger charge is -2.31. The number of nitrogens with one attached hydrogen (secondary N) is 2. The number of ether oxygens (including phenoxy) is 3. The number of nitrogens with zero attached hydrogens (tertiary/aromatic N) is 2. The van der Waals surface area contributed by atoms with Crippen LogP contribution >= 0.6 is 0 Å². The van der Waals surface area contributed by atoms with Crippen molar-refractivity contribution in [2.24, 2.45) is 0 Å². The smallest absolute Gasteiger partial charge is 0.315 e. The molecule has 0 spiro atoms. The molecule has 4 rings (SSSR count). The Balaban J connectivity index is 1.33. The van der Waals surface area contributed by atoms with Crippen LogP contribution in [0, 0.1) is 0 Å². The molecule has 2 N–H and O–H groups in total. The summed E-state index contributed by atoms with van der Waals surface area (Å²) < 4.78 is 22.3. The standard InChI is InChI=1S/C16H24N4O5/c1-2-12-19-20-14(25-12)17-9-16-4-3-15(8-16,10-24-16)18-13(21)11-7-22-5-6-23-11/h11H,2-10H2,1H3,(H,17,20)(H,18,21). The Morgan fingerprint density at radius 3 is 2.92 bits per heavy atom. The highest BCUT2D eigenvalue weighted by Crippen LogP contribution is 2.47. The maximum Gasteiger partial charge on any atom is 0.315 e. The molecule has 3 atom stereocenters. The van der Waals surface area contributed by atoms with Gasteiger partial charge in [-0.05, 0) is 12.8 Å². The SMILES string of the molecule is CCc1nnc(NCC23CCC(NC(=O)C4COCCO4)(CO2)C3)o1. The van der Waals surface area contributed by atoms with Crippen LogP contribution in [-0.4, -0.2) is 66.3 Å². The number of hydrogen-bond donors (Lipinski definition) is 2. The van der Waals surface area contributed by atoms with Crippen LogP contribution < -0.4 is 10.6 Å². The molecule has 3 aliphatic rings. The van der Waals surface area contributed by atoms with Crippen molar-refractivity contribution in [1.82, 2.24) is 15.5 Å². The van der Waals surface area contributed by atoms with E-state index < -0.39 is 6.10 Å². The van der Waals surface area contributed by atoms with Gasteiger partial charge in [0.2, 0.25) is 5.89 Å². The van der Waals surface area contributed by atoms with Crippen molar-refractivity contribution in [2.45, 2.75) is 49.9 Å². The van der Waals surface area contributed by atoms with E-state index in [4.69, 9.17) is 18.6 Å². The predicted octanol–water partition coefficient (Wildman–Crippen LogP) is 0.267. The van der Waals surface area contributed by atoms with E-state index in [1.807, 2.05) is 6.92 Å². The fourth-order valence-electron chi connectivity index (χ4n) is 3.83. The van der Waals surface area contributed by atoms with Gasteiger partial charge >= 0.3 is 6.01 Å². The molecule has 2 saturated heterocycles. The number of aryl methyl sites for hydroxylation is 1. The van der Waals surface area contributed by atoms with Crippen LogP contribution in [0.2, 0.25) is 0 Å². The van der Waals surface area contributed by atoms with Gasteiger partial charge in [-0.15, -0.1) is 5.10 Å². The largest absolute Gasteiger partial charge is 0.408 e. The van der Waals surface area contributed by atoms with E-state index in [1.54, 1.807) is 0 Å². The van der Waals surface area contributed by atoms with E-state index >= 15 is 0 Å². The van der Waals surface area contributed by atoms with Crippen LogP contribution in [0.15, 0.2) is 4.42 Å². The molecule has 9 heteroatoms. The van der Waals surface area contributed by atoms with Gasteiger partial charge in [0.1, 0.15) is 0 Å². The average Bonchev–Trinajstić information content (AvgIpc) is 3.34. The molecule has 2 bridgehead atoms. The van der Waals surface area contributed by atoms with Crippen molar-refractivity contribution >= 4 is 11.9 Å². The first-order valence-corrected chi connectivity index (χ1v) is 8.84. The third-order valence-electron chi connectivity index (χ3n) is 5.20. The monoisotopic (exact) mass is 352 g/mol. The van der Waals surface area contributed by atoms with Crippen LogP contribution in [-0.2, 0) is 25.4 Å². The fourth-order valence-corrected chi connectivity index (χ4v) is 3.83. The van der Waals surface area contributed by atoms with Crippen molar-refractivity contribution < 1.29 is 23.4 Å². The zero-order chi connectivity index (χ0) is 17.3. The summed E-state index contributed by atoms with van der Waals surface area (Å²) in [5, 5.41) is 14.2. The Labute approximate surface area is 145 Å². The minimum absolute atomic E-state index is 0.113. The fraction of sp³-hybridized carbons (Fsp3) is 0.812. The second kappa shape index (κ2) is 6.54. The first-order chi connectivity index (χ1) is 12.1. The Hall–Kier alpha value is -1.71. The first kappa shape index (κ1) is 16.7. The lowest BCUT2D eigenvalue weighted by atomic mass is 9.98. The Kier molecular flexibility index (Phi) is 4.38. The predicted molar refractivity (Wildman–Crippen MR) is 86.1 cm³/mol. The molecule has 25 heavy (non-hydrogen) atoms. The summed E-state index contributed by atoms with van der Waals surface area (Å²) in [5.41, 5.74) is -0.624. The molecular weight excluding hydrogens is 328 g/mol. The molecule has 1 amide bonds. The highest BCUT2D eigenvalue weighted by molar-refractivity contribution is 5.82. The summed E-state index contributed by atoms with van der Waals surface area (Å²) in [5.74, 6) is 0.494. The summed E-state index contributed by atoms with van der Waals surface area (Å²) in [6.45, 7) is 4.37. The van der Waals surface area contributed by atoms with Crippen LogP contribution in [0.5, 0.6) is 0 Å². The molecule has 0 radical (unpaired) electrons. The number of carbonyl (C=O) groups is 1. The van der Waals surface area contributed by atoms with E-state index in [-0.39, 0.29) is 17.0 Å². The third kappa shape index (κ3) is 3.36. The normalized spacial score (nSPS) is 34.2. The Morgan fingerprint density at radius 1 is 1.32 bits per heavy atom. The lowest BCUT2D eigenvalue weighted by molar-refractivity contribution is -0.149. The molecule has 1 aliphatic carbocycles. The molecule has 1 aromatic rings. The van der Waals surface area contributed by atoms with Gasteiger partial charge in [-0.25, -0.2) is 0 Å². The van der Waals surface area contributed by atoms with E-state index in [0.29, 0.717) is 51.3 Å². The molecule has 138 valence electrons. The van der Waals surface area contributed by atoms with Crippen molar-refractivity contribution in [2.75, 3.05) is 38.3 Å². The topological polar surface area (TPSA) is 108 Å². The van der Waals surface area contributed by atoms with E-state index in [9.17, 15) is 4.79 Å². The van der Waals surface area contributed by atoms with E-state index in [2.05, 4.69) is 20.8 Å². The molecule has 1 saturated carbocycles. The van der Waals surface area contributed by atoms with Gasteiger partial charge in [-0.2, -0.15) is 0 Å². The molecule has 3 heterocycles. The van der Waals surface area contributed by atoms with Gasteiger partial charge in [0.15, 0.2) is 6.10 Å². The summed E-state index contributed by atoms with van der Waals surface area (Å²) in [4.78, 5) is 12.4. The van der Waals surface area contributed by atoms with Gasteiger partial charge in [0.05, 0.1) is 37.6 Å². The highest BCUT2D eigenvalue weighted by Gasteiger charge is 2.56. The van der Waals surface area contributed by atoms with Gasteiger partial charge in [0.25, 0.3) is 5.91 Å². The molecular formula is C16H24N4O5. The van der Waals surface area contributed by atoms with Crippen LogP contribution in [0.1, 0.15) is 32.1 Å². The second-order valence-electron chi connectivity index (χ2n) is 7.06. The van der Waals surface area contributed by atoms with Crippen LogP contribution in [0.25, 0.3) is 0 Å². The molecule has 2 aliphatic heterocycles. The van der Waals surface area contributed by atoms with Crippen molar-refractivity contribution in [3.8, 4) is 0 Å². The van der Waals surface area contributed by atoms with E-state index in [0.717, 1.165) is 19.3 Å². The maximum atomic E-state index is 12.4. The van der Waals surface area contributed by atoms with Crippen molar-refractivity contribution in [3.05, 3.63) is 5.89 Å². The zero-order valence-corrected chi connectivity index (χ0v) is 14.4. The van der Waals surface area contributed by atoms with Crippen molar-refractivity contribution in [1.29, 1.82) is 0 Å². The van der Waals surface area contributed by atoms with Crippen LogP contribution in [0.3, 0.4) is 0 Å². The molecule has 9 nitrogen and oxygen atoms in total. The quantitative estimate of drug-likeness (QED) is 0.751. The van der Waals surface area contributed by atoms with Gasteiger partial charge in [-0.1, -0.05) is 12.0 Å². The first-order valence-electron chi connectivity index (χ1n) is 8.84. The number of anilines is 1. The van der Waals surface area contributed by atoms with Gasteiger partial charge < -0.3 is 29.3 Å². The molecule has 0 aromatic carbocycles. The highest BCUT2D eigenvalue weighted by atomic mass is 16.6. The molecule has 3 unspecified atom stereocenters. The number of carbonyl (C=O) groups excluding carboxylic acids is 1. The number of rotatable bonds is 6. The minimum Gasteiger partial charge on any atom is -0.408 e. The maximum absolute atomic E-state index is 12.4. The summed E-state index contributed by atoms with van der Waals surface area (Å²) >= 11 is 0.